The van der Waals surface area contributed by atoms with Crippen molar-refractivity contribution in [3.8, 4) is 0 Å². The van der Waals surface area contributed by atoms with Gasteiger partial charge >= 0.3 is 5.76 Å². The number of benzene rings is 1. The monoisotopic (exact) mass is 340 g/mol. The van der Waals surface area contributed by atoms with Crippen LogP contribution in [0.1, 0.15) is 32.2 Å². The van der Waals surface area contributed by atoms with Gasteiger partial charge in [-0.2, -0.15) is 4.68 Å². The van der Waals surface area contributed by atoms with Gasteiger partial charge in [0.1, 0.15) is 0 Å². The summed E-state index contributed by atoms with van der Waals surface area (Å²) < 4.78 is 11.7. The van der Waals surface area contributed by atoms with Crippen molar-refractivity contribution in [3.63, 3.8) is 0 Å². The molecule has 0 aliphatic rings. The fourth-order valence-corrected chi connectivity index (χ4v) is 2.09. The molecule has 1 atom stereocenters. The average Bonchev–Trinajstić information content (AvgIpc) is 2.82. The lowest BCUT2D eigenvalue weighted by Gasteiger charge is -2.12. The van der Waals surface area contributed by atoms with Crippen LogP contribution in [0.3, 0.4) is 0 Å². The number of aliphatic hydroxyl groups excluding tert-OH is 1. The van der Waals surface area contributed by atoms with Gasteiger partial charge in [-0.05, 0) is 11.6 Å². The predicted octanol–water partition coefficient (Wildman–Crippen LogP) is 2.36. The molecule has 0 saturated heterocycles. The molecule has 23 heavy (non-hydrogen) atoms. The van der Waals surface area contributed by atoms with Gasteiger partial charge in [-0.1, -0.05) is 50.6 Å². The Labute approximate surface area is 139 Å². The maximum atomic E-state index is 11.7. The summed E-state index contributed by atoms with van der Waals surface area (Å²) in [6.07, 6.45) is -0.867. The molecule has 126 valence electrons. The summed E-state index contributed by atoms with van der Waals surface area (Å²) in [5, 5.41) is 14.7. The first-order chi connectivity index (χ1) is 10.8. The van der Waals surface area contributed by atoms with Crippen molar-refractivity contribution in [2.45, 2.75) is 45.4 Å². The number of halogens is 1. The number of hydrogen-bond donors (Lipinski definition) is 1. The van der Waals surface area contributed by atoms with Crippen LogP contribution < -0.4 is 5.76 Å². The van der Waals surface area contributed by atoms with E-state index in [9.17, 15) is 9.90 Å². The number of aromatic nitrogens is 2. The van der Waals surface area contributed by atoms with Gasteiger partial charge in [-0.3, -0.25) is 0 Å². The molecule has 1 N–H and O–H groups in total. The Morgan fingerprint density at radius 3 is 2.70 bits per heavy atom. The minimum Gasteiger partial charge on any atom is -0.392 e. The summed E-state index contributed by atoms with van der Waals surface area (Å²) in [6.45, 7) is 6.05. The fourth-order valence-electron chi connectivity index (χ4n) is 1.90. The Morgan fingerprint density at radius 2 is 2.09 bits per heavy atom. The molecule has 2 rings (SSSR count). The smallest absolute Gasteiger partial charge is 0.392 e. The van der Waals surface area contributed by atoms with Gasteiger partial charge < -0.3 is 14.3 Å². The summed E-state index contributed by atoms with van der Waals surface area (Å²) in [5.41, 5.74) is 0.477. The quantitative estimate of drug-likeness (QED) is 0.873. The summed E-state index contributed by atoms with van der Waals surface area (Å²) in [6, 6.07) is 7.33. The summed E-state index contributed by atoms with van der Waals surface area (Å²) in [4.78, 5) is 11.7. The van der Waals surface area contributed by atoms with E-state index in [1.165, 1.54) is 0 Å². The molecule has 0 spiro atoms. The minimum absolute atomic E-state index is 0.0148. The first-order valence-electron chi connectivity index (χ1n) is 7.35. The molecule has 1 aromatic heterocycles. The highest BCUT2D eigenvalue weighted by atomic mass is 35.5. The molecular weight excluding hydrogens is 320 g/mol. The van der Waals surface area contributed by atoms with Crippen LogP contribution in [0.5, 0.6) is 0 Å². The topological polar surface area (TPSA) is 77.5 Å². The van der Waals surface area contributed by atoms with E-state index >= 15 is 0 Å². The van der Waals surface area contributed by atoms with Gasteiger partial charge in [-0.25, -0.2) is 4.79 Å². The van der Waals surface area contributed by atoms with Gasteiger partial charge in [0.15, 0.2) is 0 Å². The molecule has 0 bridgehead atoms. The predicted molar refractivity (Wildman–Crippen MR) is 86.6 cm³/mol. The van der Waals surface area contributed by atoms with E-state index in [4.69, 9.17) is 20.8 Å². The van der Waals surface area contributed by atoms with Gasteiger partial charge in [0.05, 0.1) is 25.9 Å². The Balaban J connectivity index is 1.88. The maximum absolute atomic E-state index is 11.7. The molecule has 0 amide bonds. The van der Waals surface area contributed by atoms with E-state index in [1.807, 2.05) is 39.0 Å². The molecule has 2 aromatic rings. The number of nitrogens with zero attached hydrogens (tertiary/aromatic N) is 2. The van der Waals surface area contributed by atoms with Crippen LogP contribution in [-0.4, -0.2) is 27.6 Å². The van der Waals surface area contributed by atoms with Crippen molar-refractivity contribution in [2.75, 3.05) is 6.61 Å². The molecule has 0 aliphatic carbocycles. The van der Waals surface area contributed by atoms with E-state index in [-0.39, 0.29) is 25.2 Å². The first kappa shape index (κ1) is 17.7. The number of rotatable bonds is 6. The lowest BCUT2D eigenvalue weighted by Crippen LogP contribution is -2.28. The van der Waals surface area contributed by atoms with E-state index < -0.39 is 11.9 Å². The van der Waals surface area contributed by atoms with Crippen LogP contribution in [0.4, 0.5) is 0 Å². The summed E-state index contributed by atoms with van der Waals surface area (Å²) in [7, 11) is 0. The molecule has 0 radical (unpaired) electrons. The third kappa shape index (κ3) is 4.92. The molecule has 1 unspecified atom stereocenters. The van der Waals surface area contributed by atoms with Crippen molar-refractivity contribution in [3.05, 3.63) is 51.3 Å². The molecular formula is C16H21ClN2O4. The molecule has 6 nitrogen and oxygen atoms in total. The van der Waals surface area contributed by atoms with Gasteiger partial charge in [-0.15, -0.1) is 5.10 Å². The SMILES string of the molecule is CC(C)(C)c1nn(CC(O)COCc2ccccc2Cl)c(=O)o1. The number of aliphatic hydroxyl groups is 1. The van der Waals surface area contributed by atoms with E-state index in [0.29, 0.717) is 10.9 Å². The number of ether oxygens (including phenoxy) is 1. The van der Waals surface area contributed by atoms with Gasteiger partial charge in [0.2, 0.25) is 5.89 Å². The van der Waals surface area contributed by atoms with Crippen LogP contribution in [-0.2, 0) is 23.3 Å². The van der Waals surface area contributed by atoms with Crippen LogP contribution in [0.15, 0.2) is 33.5 Å². The molecule has 1 aromatic carbocycles. The first-order valence-corrected chi connectivity index (χ1v) is 7.73. The lowest BCUT2D eigenvalue weighted by atomic mass is 9.97. The van der Waals surface area contributed by atoms with Crippen LogP contribution in [0.25, 0.3) is 0 Å². The van der Waals surface area contributed by atoms with Crippen molar-refractivity contribution in [2.24, 2.45) is 0 Å². The Kier molecular flexibility index (Phi) is 5.62. The summed E-state index contributed by atoms with van der Waals surface area (Å²) >= 11 is 6.03. The van der Waals surface area contributed by atoms with Crippen molar-refractivity contribution in [1.29, 1.82) is 0 Å². The Hall–Kier alpha value is -1.63. The minimum atomic E-state index is -0.867. The zero-order valence-corrected chi connectivity index (χ0v) is 14.2. The highest BCUT2D eigenvalue weighted by Gasteiger charge is 2.23. The fraction of sp³-hybridized carbons (Fsp3) is 0.500. The molecule has 1 heterocycles. The normalized spacial score (nSPS) is 13.3. The van der Waals surface area contributed by atoms with Gasteiger partial charge in [0.25, 0.3) is 0 Å². The molecule has 7 heteroatoms. The van der Waals surface area contributed by atoms with Crippen LogP contribution >= 0.6 is 11.6 Å². The lowest BCUT2D eigenvalue weighted by molar-refractivity contribution is 0.0178. The van der Waals surface area contributed by atoms with Crippen molar-refractivity contribution < 1.29 is 14.3 Å². The van der Waals surface area contributed by atoms with E-state index in [1.54, 1.807) is 6.07 Å². The standard InChI is InChI=1S/C16H21ClN2O4/c1-16(2,3)14-18-19(15(21)23-14)8-12(20)10-22-9-11-6-4-5-7-13(11)17/h4-7,12,20H,8-10H2,1-3H3. The average molecular weight is 341 g/mol. The molecule has 0 saturated carbocycles. The van der Waals surface area contributed by atoms with Crippen LogP contribution in [0.2, 0.25) is 5.02 Å². The Morgan fingerprint density at radius 1 is 1.39 bits per heavy atom. The largest absolute Gasteiger partial charge is 0.437 e. The van der Waals surface area contributed by atoms with E-state index in [0.717, 1.165) is 10.2 Å². The molecule has 0 fully saturated rings. The second-order valence-corrected chi connectivity index (χ2v) is 6.77. The van der Waals surface area contributed by atoms with Crippen molar-refractivity contribution >= 4 is 11.6 Å². The zero-order chi connectivity index (χ0) is 17.0. The summed E-state index contributed by atoms with van der Waals surface area (Å²) in [5.74, 6) is -0.244. The third-order valence-corrected chi connectivity index (χ3v) is 3.53. The highest BCUT2D eigenvalue weighted by molar-refractivity contribution is 6.31. The number of hydrogen-bond acceptors (Lipinski definition) is 5. The zero-order valence-electron chi connectivity index (χ0n) is 13.5. The van der Waals surface area contributed by atoms with E-state index in [2.05, 4.69) is 5.10 Å². The maximum Gasteiger partial charge on any atom is 0.437 e. The second-order valence-electron chi connectivity index (χ2n) is 6.37. The van der Waals surface area contributed by atoms with Crippen molar-refractivity contribution in [1.82, 2.24) is 9.78 Å². The Bertz CT molecular complexity index is 703. The van der Waals surface area contributed by atoms with Crippen LogP contribution in [0, 0.1) is 0 Å². The van der Waals surface area contributed by atoms with Gasteiger partial charge in [0, 0.05) is 10.4 Å². The third-order valence-electron chi connectivity index (χ3n) is 3.16. The molecule has 0 aliphatic heterocycles. The highest BCUT2D eigenvalue weighted by Crippen LogP contribution is 2.18. The second kappa shape index (κ2) is 7.29.